The fourth-order valence-corrected chi connectivity index (χ4v) is 5.75. The molecule has 1 aliphatic carbocycles. The molecule has 2 aromatic rings. The molecule has 9 nitrogen and oxygen atoms in total. The van der Waals surface area contributed by atoms with E-state index in [0.29, 0.717) is 23.6 Å². The number of rotatable bonds is 10. The van der Waals surface area contributed by atoms with Gasteiger partial charge in [-0.2, -0.15) is 0 Å². The predicted octanol–water partition coefficient (Wildman–Crippen LogP) is 3.36. The molecule has 200 valence electrons. The van der Waals surface area contributed by atoms with Crippen LogP contribution in [0.25, 0.3) is 0 Å². The summed E-state index contributed by atoms with van der Waals surface area (Å²) in [5, 5.41) is 3.11. The largest absolute Gasteiger partial charge is 0.454 e. The maximum Gasteiger partial charge on any atom is 0.244 e. The summed E-state index contributed by atoms with van der Waals surface area (Å²) in [6, 6.07) is 11.8. The van der Waals surface area contributed by atoms with Gasteiger partial charge in [0.05, 0.1) is 11.9 Å². The summed E-state index contributed by atoms with van der Waals surface area (Å²) in [4.78, 5) is 28.7. The lowest BCUT2D eigenvalue weighted by atomic mass is 10.1. The average molecular weight is 530 g/mol. The molecule has 10 heteroatoms. The third kappa shape index (κ3) is 6.36. The summed E-state index contributed by atoms with van der Waals surface area (Å²) >= 11 is 0. The van der Waals surface area contributed by atoms with Crippen molar-refractivity contribution in [2.24, 2.45) is 0 Å². The maximum atomic E-state index is 13.8. The molecular formula is C27H35N3O6S. The van der Waals surface area contributed by atoms with Gasteiger partial charge in [0.25, 0.3) is 0 Å². The van der Waals surface area contributed by atoms with Crippen LogP contribution in [0, 0.1) is 6.92 Å². The van der Waals surface area contributed by atoms with E-state index < -0.39 is 28.5 Å². The number of amides is 2. The molecule has 0 bridgehead atoms. The summed E-state index contributed by atoms with van der Waals surface area (Å²) in [6.45, 7) is 3.61. The predicted molar refractivity (Wildman–Crippen MR) is 141 cm³/mol. The number of fused-ring (bicyclic) bond motifs is 1. The van der Waals surface area contributed by atoms with Gasteiger partial charge in [-0.1, -0.05) is 44.0 Å². The molecule has 1 fully saturated rings. The number of aryl methyl sites for hydroxylation is 1. The fraction of sp³-hybridized carbons (Fsp3) is 0.481. The SMILES string of the molecule is CC[C@@H](C(=O)NC1CCCC1)N(Cc1ccccc1C)C(=O)CN(c1ccc2c(c1)OCO2)S(C)(=O)=O. The molecule has 1 heterocycles. The first kappa shape index (κ1) is 26.8. The number of nitrogens with zero attached hydrogens (tertiary/aromatic N) is 2. The molecule has 1 aliphatic heterocycles. The molecule has 2 aliphatic rings. The van der Waals surface area contributed by atoms with Crippen LogP contribution in [0.5, 0.6) is 11.5 Å². The van der Waals surface area contributed by atoms with E-state index in [4.69, 9.17) is 9.47 Å². The first-order chi connectivity index (χ1) is 17.7. The monoisotopic (exact) mass is 529 g/mol. The minimum Gasteiger partial charge on any atom is -0.454 e. The van der Waals surface area contributed by atoms with Gasteiger partial charge in [0.15, 0.2) is 11.5 Å². The second-order valence-corrected chi connectivity index (χ2v) is 11.6. The lowest BCUT2D eigenvalue weighted by molar-refractivity contribution is -0.140. The highest BCUT2D eigenvalue weighted by atomic mass is 32.2. The van der Waals surface area contributed by atoms with Gasteiger partial charge < -0.3 is 19.7 Å². The third-order valence-corrected chi connectivity index (χ3v) is 8.15. The molecule has 2 aromatic carbocycles. The van der Waals surface area contributed by atoms with E-state index in [9.17, 15) is 18.0 Å². The third-order valence-electron chi connectivity index (χ3n) is 7.01. The number of hydrogen-bond donors (Lipinski definition) is 1. The van der Waals surface area contributed by atoms with Gasteiger partial charge in [-0.15, -0.1) is 0 Å². The number of ether oxygens (including phenoxy) is 2. The van der Waals surface area contributed by atoms with E-state index in [1.165, 1.54) is 4.90 Å². The zero-order valence-corrected chi connectivity index (χ0v) is 22.4. The van der Waals surface area contributed by atoms with E-state index in [0.717, 1.165) is 47.4 Å². The maximum absolute atomic E-state index is 13.8. The molecular weight excluding hydrogens is 494 g/mol. The summed E-state index contributed by atoms with van der Waals surface area (Å²) < 4.78 is 37.4. The Hall–Kier alpha value is -3.27. The minimum absolute atomic E-state index is 0.0507. The van der Waals surface area contributed by atoms with Crippen molar-refractivity contribution < 1.29 is 27.5 Å². The zero-order valence-electron chi connectivity index (χ0n) is 21.6. The van der Waals surface area contributed by atoms with Gasteiger partial charge in [-0.05, 0) is 49.4 Å². The van der Waals surface area contributed by atoms with Gasteiger partial charge in [-0.3, -0.25) is 13.9 Å². The van der Waals surface area contributed by atoms with Crippen molar-refractivity contribution in [3.8, 4) is 11.5 Å². The second-order valence-electron chi connectivity index (χ2n) is 9.67. The second kappa shape index (κ2) is 11.4. The van der Waals surface area contributed by atoms with E-state index in [-0.39, 0.29) is 25.3 Å². The Morgan fingerprint density at radius 3 is 2.46 bits per heavy atom. The molecule has 0 radical (unpaired) electrons. The first-order valence-corrected chi connectivity index (χ1v) is 14.5. The Kier molecular flexibility index (Phi) is 8.26. The van der Waals surface area contributed by atoms with Crippen molar-refractivity contribution in [1.82, 2.24) is 10.2 Å². The summed E-state index contributed by atoms with van der Waals surface area (Å²) in [5.74, 6) is 0.266. The van der Waals surface area contributed by atoms with E-state index >= 15 is 0 Å². The van der Waals surface area contributed by atoms with Crippen molar-refractivity contribution in [2.45, 2.75) is 64.6 Å². The van der Waals surface area contributed by atoms with Gasteiger partial charge >= 0.3 is 0 Å². The van der Waals surface area contributed by atoms with Crippen molar-refractivity contribution in [3.05, 3.63) is 53.6 Å². The smallest absolute Gasteiger partial charge is 0.244 e. The van der Waals surface area contributed by atoms with E-state index in [1.807, 2.05) is 38.1 Å². The molecule has 0 spiro atoms. The Morgan fingerprint density at radius 2 is 1.78 bits per heavy atom. The van der Waals surface area contributed by atoms with Crippen molar-refractivity contribution >= 4 is 27.5 Å². The number of nitrogens with one attached hydrogen (secondary N) is 1. The molecule has 1 atom stereocenters. The van der Waals surface area contributed by atoms with E-state index in [1.54, 1.807) is 18.2 Å². The van der Waals surface area contributed by atoms with Crippen LogP contribution in [0.1, 0.15) is 50.2 Å². The standard InChI is InChI=1S/C27H35N3O6S/c1-4-23(27(32)28-21-11-7-8-12-21)29(16-20-10-6-5-9-19(20)2)26(31)17-30(37(3,33)34)22-13-14-24-25(15-22)36-18-35-24/h5-6,9-10,13-15,21,23H,4,7-8,11-12,16-18H2,1-3H3,(H,28,32)/t23-/m0/s1. The van der Waals surface area contributed by atoms with Crippen molar-refractivity contribution in [2.75, 3.05) is 23.9 Å². The molecule has 2 amide bonds. The highest BCUT2D eigenvalue weighted by Crippen LogP contribution is 2.36. The van der Waals surface area contributed by atoms with Crippen LogP contribution in [0.4, 0.5) is 5.69 Å². The molecule has 1 N–H and O–H groups in total. The number of sulfonamides is 1. The summed E-state index contributed by atoms with van der Waals surface area (Å²) in [7, 11) is -3.83. The summed E-state index contributed by atoms with van der Waals surface area (Å²) in [5.41, 5.74) is 2.18. The quantitative estimate of drug-likeness (QED) is 0.506. The number of benzene rings is 2. The highest BCUT2D eigenvalue weighted by Gasteiger charge is 2.33. The highest BCUT2D eigenvalue weighted by molar-refractivity contribution is 7.92. The van der Waals surface area contributed by atoms with Crippen LogP contribution in [-0.4, -0.2) is 56.8 Å². The van der Waals surface area contributed by atoms with Crippen LogP contribution in [0.3, 0.4) is 0 Å². The molecule has 0 unspecified atom stereocenters. The average Bonchev–Trinajstić information content (AvgIpc) is 3.54. The number of carbonyl (C=O) groups is 2. The number of anilines is 1. The number of carbonyl (C=O) groups excluding carboxylic acids is 2. The minimum atomic E-state index is -3.83. The van der Waals surface area contributed by atoms with Gasteiger partial charge in [0.1, 0.15) is 12.6 Å². The normalized spacial score (nSPS) is 15.9. The van der Waals surface area contributed by atoms with E-state index in [2.05, 4.69) is 5.32 Å². The van der Waals surface area contributed by atoms with Crippen LogP contribution in [0.15, 0.2) is 42.5 Å². The van der Waals surface area contributed by atoms with Crippen LogP contribution in [-0.2, 0) is 26.2 Å². The molecule has 4 rings (SSSR count). The fourth-order valence-electron chi connectivity index (χ4n) is 4.91. The zero-order chi connectivity index (χ0) is 26.6. The Morgan fingerprint density at radius 1 is 1.08 bits per heavy atom. The van der Waals surface area contributed by atoms with Gasteiger partial charge in [-0.25, -0.2) is 8.42 Å². The van der Waals surface area contributed by atoms with Gasteiger partial charge in [0.2, 0.25) is 28.6 Å². The molecule has 0 saturated heterocycles. The lowest BCUT2D eigenvalue weighted by Crippen LogP contribution is -2.53. The molecule has 0 aromatic heterocycles. The molecule has 37 heavy (non-hydrogen) atoms. The van der Waals surface area contributed by atoms with Gasteiger partial charge in [0, 0.05) is 18.7 Å². The van der Waals surface area contributed by atoms with Crippen LogP contribution < -0.4 is 19.1 Å². The first-order valence-electron chi connectivity index (χ1n) is 12.7. The topological polar surface area (TPSA) is 105 Å². The number of hydrogen-bond acceptors (Lipinski definition) is 6. The Labute approximate surface area is 218 Å². The summed E-state index contributed by atoms with van der Waals surface area (Å²) in [6.07, 6.45) is 5.47. The molecule has 1 saturated carbocycles. The van der Waals surface area contributed by atoms with Crippen molar-refractivity contribution in [1.29, 1.82) is 0 Å². The lowest BCUT2D eigenvalue weighted by Gasteiger charge is -2.33. The van der Waals surface area contributed by atoms with Crippen molar-refractivity contribution in [3.63, 3.8) is 0 Å². The Balaban J connectivity index is 1.63. The van der Waals surface area contributed by atoms with Crippen LogP contribution in [0.2, 0.25) is 0 Å². The Bertz CT molecular complexity index is 1240. The van der Waals surface area contributed by atoms with Crippen LogP contribution >= 0.6 is 0 Å².